The largest absolute Gasteiger partial charge is 0.452 e. The first-order valence-electron chi connectivity index (χ1n) is 8.27. The van der Waals surface area contributed by atoms with Crippen molar-refractivity contribution in [3.63, 3.8) is 0 Å². The first kappa shape index (κ1) is 22.6. The summed E-state index contributed by atoms with van der Waals surface area (Å²) in [5.41, 5.74) is -0.515. The molecule has 0 aliphatic rings. The van der Waals surface area contributed by atoms with Crippen LogP contribution < -0.4 is 5.32 Å². The van der Waals surface area contributed by atoms with Crippen molar-refractivity contribution in [2.75, 3.05) is 20.7 Å². The molecule has 0 spiro atoms. The van der Waals surface area contributed by atoms with Gasteiger partial charge >= 0.3 is 5.97 Å². The molecule has 1 atom stereocenters. The number of rotatable bonds is 7. The molecule has 0 aliphatic heterocycles. The Morgan fingerprint density at radius 2 is 1.93 bits per heavy atom. The first-order valence-corrected chi connectivity index (χ1v) is 9.71. The molecule has 148 valence electrons. The maximum atomic E-state index is 12.3. The van der Waals surface area contributed by atoms with Gasteiger partial charge in [0, 0.05) is 14.1 Å². The molecule has 0 aliphatic carbocycles. The lowest BCUT2D eigenvalue weighted by molar-refractivity contribution is -0.125. The Bertz CT molecular complexity index is 871. The van der Waals surface area contributed by atoms with Gasteiger partial charge in [0.1, 0.15) is 5.54 Å². The Balaban J connectivity index is 2.93. The molecule has 0 saturated carbocycles. The number of sulfonamides is 1. The van der Waals surface area contributed by atoms with Crippen LogP contribution in [0.2, 0.25) is 0 Å². The predicted molar refractivity (Wildman–Crippen MR) is 99.3 cm³/mol. The van der Waals surface area contributed by atoms with E-state index in [2.05, 4.69) is 5.32 Å². The fourth-order valence-electron chi connectivity index (χ4n) is 2.03. The zero-order chi connectivity index (χ0) is 21.0. The van der Waals surface area contributed by atoms with E-state index in [1.165, 1.54) is 32.3 Å². The highest BCUT2D eigenvalue weighted by atomic mass is 32.2. The zero-order valence-corrected chi connectivity index (χ0v) is 17.2. The molecule has 0 unspecified atom stereocenters. The maximum absolute atomic E-state index is 12.3. The van der Waals surface area contributed by atoms with Gasteiger partial charge in [0.05, 0.1) is 16.5 Å². The summed E-state index contributed by atoms with van der Waals surface area (Å²) in [7, 11) is -0.933. The average molecular weight is 395 g/mol. The van der Waals surface area contributed by atoms with Crippen molar-refractivity contribution >= 4 is 21.9 Å². The van der Waals surface area contributed by atoms with Crippen LogP contribution in [-0.2, 0) is 19.6 Å². The van der Waals surface area contributed by atoms with E-state index in [0.29, 0.717) is 5.56 Å². The van der Waals surface area contributed by atoms with Gasteiger partial charge in [-0.3, -0.25) is 4.79 Å². The van der Waals surface area contributed by atoms with Crippen LogP contribution in [-0.4, -0.2) is 50.8 Å². The summed E-state index contributed by atoms with van der Waals surface area (Å²) in [6, 6.07) is 6.15. The van der Waals surface area contributed by atoms with E-state index in [1.807, 2.05) is 6.07 Å². The molecule has 1 N–H and O–H groups in total. The number of carbonyl (C=O) groups excluding carboxylic acids is 2. The monoisotopic (exact) mass is 395 g/mol. The van der Waals surface area contributed by atoms with Crippen molar-refractivity contribution in [3.8, 4) is 6.07 Å². The standard InChI is InChI=1S/C18H25N3O5S/c1-12(2)18(4,11-19)20-16(22)10-26-17(23)15-9-14(8-7-13(15)3)27(24,25)21(5)6/h7-9,12H,10H2,1-6H3,(H,20,22)/t18-/m1/s1. The maximum Gasteiger partial charge on any atom is 0.338 e. The van der Waals surface area contributed by atoms with Gasteiger partial charge in [0.2, 0.25) is 10.0 Å². The second kappa shape index (κ2) is 8.50. The number of hydrogen-bond donors (Lipinski definition) is 1. The molecule has 1 aromatic carbocycles. The third kappa shape index (κ3) is 5.28. The van der Waals surface area contributed by atoms with E-state index in [1.54, 1.807) is 27.7 Å². The number of hydrogen-bond acceptors (Lipinski definition) is 6. The summed E-state index contributed by atoms with van der Waals surface area (Å²) < 4.78 is 30.5. The lowest BCUT2D eigenvalue weighted by Gasteiger charge is -2.27. The van der Waals surface area contributed by atoms with Crippen molar-refractivity contribution in [3.05, 3.63) is 29.3 Å². The minimum atomic E-state index is -3.71. The van der Waals surface area contributed by atoms with Crippen molar-refractivity contribution in [2.24, 2.45) is 5.92 Å². The highest BCUT2D eigenvalue weighted by Crippen LogP contribution is 2.19. The molecule has 8 nitrogen and oxygen atoms in total. The molecule has 0 aromatic heterocycles. The van der Waals surface area contributed by atoms with E-state index >= 15 is 0 Å². The van der Waals surface area contributed by atoms with E-state index in [-0.39, 0.29) is 16.4 Å². The average Bonchev–Trinajstić information content (AvgIpc) is 2.59. The van der Waals surface area contributed by atoms with Gasteiger partial charge in [-0.05, 0) is 37.5 Å². The normalized spacial score (nSPS) is 13.7. The lowest BCUT2D eigenvalue weighted by atomic mass is 9.90. The van der Waals surface area contributed by atoms with Gasteiger partial charge in [0.25, 0.3) is 5.91 Å². The van der Waals surface area contributed by atoms with E-state index in [4.69, 9.17) is 4.74 Å². The number of esters is 1. The van der Waals surface area contributed by atoms with Crippen molar-refractivity contribution in [1.82, 2.24) is 9.62 Å². The number of nitriles is 1. The fraction of sp³-hybridized carbons (Fsp3) is 0.500. The number of nitrogens with zero attached hydrogens (tertiary/aromatic N) is 2. The number of amides is 1. The molecule has 0 heterocycles. The molecule has 1 aromatic rings. The highest BCUT2D eigenvalue weighted by Gasteiger charge is 2.30. The molecule has 9 heteroatoms. The minimum Gasteiger partial charge on any atom is -0.452 e. The summed E-state index contributed by atoms with van der Waals surface area (Å²) in [6.45, 7) is 6.21. The van der Waals surface area contributed by atoms with Crippen molar-refractivity contribution in [1.29, 1.82) is 5.26 Å². The molecule has 0 fully saturated rings. The van der Waals surface area contributed by atoms with Crippen LogP contribution in [0.1, 0.15) is 36.7 Å². The van der Waals surface area contributed by atoms with Crippen LogP contribution in [0.3, 0.4) is 0 Å². The molecule has 0 bridgehead atoms. The molecule has 1 rings (SSSR count). The van der Waals surface area contributed by atoms with Crippen LogP contribution in [0.25, 0.3) is 0 Å². The second-order valence-electron chi connectivity index (χ2n) is 6.86. The van der Waals surface area contributed by atoms with Crippen LogP contribution in [0, 0.1) is 24.2 Å². The van der Waals surface area contributed by atoms with E-state index < -0.39 is 34.0 Å². The predicted octanol–water partition coefficient (Wildman–Crippen LogP) is 1.46. The minimum absolute atomic E-state index is 0.0497. The summed E-state index contributed by atoms with van der Waals surface area (Å²) in [4.78, 5) is 24.3. The summed E-state index contributed by atoms with van der Waals surface area (Å²) in [5, 5.41) is 11.7. The Morgan fingerprint density at radius 1 is 1.33 bits per heavy atom. The van der Waals surface area contributed by atoms with Gasteiger partial charge in [-0.2, -0.15) is 5.26 Å². The first-order chi connectivity index (χ1) is 12.3. The molecule has 1 amide bonds. The zero-order valence-electron chi connectivity index (χ0n) is 16.4. The van der Waals surface area contributed by atoms with Crippen LogP contribution >= 0.6 is 0 Å². The Hall–Kier alpha value is -2.44. The molecule has 0 saturated heterocycles. The third-order valence-electron chi connectivity index (χ3n) is 4.33. The quantitative estimate of drug-likeness (QED) is 0.699. The molecule has 0 radical (unpaired) electrons. The summed E-state index contributed by atoms with van der Waals surface area (Å²) in [6.07, 6.45) is 0. The van der Waals surface area contributed by atoms with Gasteiger partial charge in [-0.15, -0.1) is 0 Å². The van der Waals surface area contributed by atoms with Crippen molar-refractivity contribution < 1.29 is 22.7 Å². The number of carbonyl (C=O) groups is 2. The number of aryl methyl sites for hydroxylation is 1. The molecular formula is C18H25N3O5S. The van der Waals surface area contributed by atoms with Crippen LogP contribution in [0.15, 0.2) is 23.1 Å². The molecular weight excluding hydrogens is 370 g/mol. The number of nitrogens with one attached hydrogen (secondary N) is 1. The van der Waals surface area contributed by atoms with Gasteiger partial charge in [-0.25, -0.2) is 17.5 Å². The van der Waals surface area contributed by atoms with E-state index in [0.717, 1.165) is 4.31 Å². The van der Waals surface area contributed by atoms with Gasteiger partial charge in [0.15, 0.2) is 6.61 Å². The molecule has 27 heavy (non-hydrogen) atoms. The highest BCUT2D eigenvalue weighted by molar-refractivity contribution is 7.89. The third-order valence-corrected chi connectivity index (χ3v) is 6.14. The van der Waals surface area contributed by atoms with Crippen LogP contribution in [0.4, 0.5) is 0 Å². The smallest absolute Gasteiger partial charge is 0.338 e. The summed E-state index contributed by atoms with van der Waals surface area (Å²) >= 11 is 0. The topological polar surface area (TPSA) is 117 Å². The second-order valence-corrected chi connectivity index (χ2v) is 9.01. The van der Waals surface area contributed by atoms with Gasteiger partial charge in [-0.1, -0.05) is 19.9 Å². The van der Waals surface area contributed by atoms with Crippen molar-refractivity contribution in [2.45, 2.75) is 38.1 Å². The Morgan fingerprint density at radius 3 is 2.41 bits per heavy atom. The lowest BCUT2D eigenvalue weighted by Crippen LogP contribution is -2.50. The Labute approximate surface area is 160 Å². The number of benzene rings is 1. The SMILES string of the molecule is Cc1ccc(S(=O)(=O)N(C)C)cc1C(=O)OCC(=O)N[C@](C)(C#N)C(C)C. The van der Waals surface area contributed by atoms with E-state index in [9.17, 15) is 23.3 Å². The summed E-state index contributed by atoms with van der Waals surface area (Å²) in [5.74, 6) is -1.57. The van der Waals surface area contributed by atoms with Gasteiger partial charge < -0.3 is 10.1 Å². The number of ether oxygens (including phenoxy) is 1. The van der Waals surface area contributed by atoms with Crippen LogP contribution in [0.5, 0.6) is 0 Å². The Kier molecular flexibility index (Phi) is 7.11. The fourth-order valence-corrected chi connectivity index (χ4v) is 2.96.